The van der Waals surface area contributed by atoms with Gasteiger partial charge in [0.2, 0.25) is 0 Å². The van der Waals surface area contributed by atoms with Crippen LogP contribution in [0, 0.1) is 6.92 Å². The standard InChI is InChI=1S/C22H26N2O4S/c1-13-6-7-14(20(25)27-5)10-17(13)23-21(29)24-18-12-22(2,3)28-19-11-15(26-4)8-9-16(18)19/h6-11,18H,12H2,1-5H3,(H2,23,24,29). The molecule has 2 aromatic carbocycles. The first kappa shape index (κ1) is 20.9. The highest BCUT2D eigenvalue weighted by Gasteiger charge is 2.34. The molecule has 1 aliphatic heterocycles. The van der Waals surface area contributed by atoms with Crippen molar-refractivity contribution >= 4 is 29.0 Å². The Hall–Kier alpha value is -2.80. The minimum absolute atomic E-state index is 0.0243. The van der Waals surface area contributed by atoms with E-state index in [1.807, 2.05) is 45.0 Å². The van der Waals surface area contributed by atoms with Crippen LogP contribution in [-0.2, 0) is 4.74 Å². The van der Waals surface area contributed by atoms with Crippen molar-refractivity contribution in [2.24, 2.45) is 0 Å². The van der Waals surface area contributed by atoms with Crippen molar-refractivity contribution in [3.05, 3.63) is 53.1 Å². The molecule has 0 bridgehead atoms. The average Bonchev–Trinajstić information content (AvgIpc) is 2.67. The number of ether oxygens (including phenoxy) is 3. The molecule has 2 aromatic rings. The second-order valence-corrected chi connectivity index (χ2v) is 8.05. The lowest BCUT2D eigenvalue weighted by Gasteiger charge is -2.38. The highest BCUT2D eigenvalue weighted by atomic mass is 32.1. The molecule has 29 heavy (non-hydrogen) atoms. The Labute approximate surface area is 176 Å². The van der Waals surface area contributed by atoms with Gasteiger partial charge in [-0.15, -0.1) is 0 Å². The Morgan fingerprint density at radius 1 is 1.21 bits per heavy atom. The topological polar surface area (TPSA) is 68.8 Å². The molecule has 0 spiro atoms. The minimum atomic E-state index is -0.388. The molecule has 6 nitrogen and oxygen atoms in total. The summed E-state index contributed by atoms with van der Waals surface area (Å²) in [5.74, 6) is 1.14. The number of aryl methyl sites for hydroxylation is 1. The zero-order valence-corrected chi connectivity index (χ0v) is 18.1. The van der Waals surface area contributed by atoms with Crippen LogP contribution in [0.1, 0.15) is 47.8 Å². The van der Waals surface area contributed by atoms with Crippen LogP contribution < -0.4 is 20.1 Å². The summed E-state index contributed by atoms with van der Waals surface area (Å²) in [5, 5.41) is 7.07. The van der Waals surface area contributed by atoms with Gasteiger partial charge in [-0.1, -0.05) is 6.07 Å². The van der Waals surface area contributed by atoms with E-state index in [0.29, 0.717) is 10.7 Å². The Bertz CT molecular complexity index is 942. The lowest BCUT2D eigenvalue weighted by Crippen LogP contribution is -2.42. The number of hydrogen-bond acceptors (Lipinski definition) is 5. The zero-order valence-electron chi connectivity index (χ0n) is 17.3. The number of carbonyl (C=O) groups is 1. The molecule has 0 saturated carbocycles. The van der Waals surface area contributed by atoms with E-state index in [4.69, 9.17) is 26.4 Å². The molecule has 2 N–H and O–H groups in total. The van der Waals surface area contributed by atoms with E-state index in [2.05, 4.69) is 10.6 Å². The fourth-order valence-electron chi connectivity index (χ4n) is 3.41. The Balaban J connectivity index is 1.80. The van der Waals surface area contributed by atoms with Crippen LogP contribution in [0.2, 0.25) is 0 Å². The number of benzene rings is 2. The smallest absolute Gasteiger partial charge is 0.337 e. The normalized spacial score (nSPS) is 16.8. The highest BCUT2D eigenvalue weighted by molar-refractivity contribution is 7.80. The molecule has 1 atom stereocenters. The van der Waals surface area contributed by atoms with Gasteiger partial charge in [0.25, 0.3) is 0 Å². The first-order valence-electron chi connectivity index (χ1n) is 9.36. The van der Waals surface area contributed by atoms with Gasteiger partial charge in [-0.3, -0.25) is 0 Å². The average molecular weight is 415 g/mol. The number of nitrogens with one attached hydrogen (secondary N) is 2. The van der Waals surface area contributed by atoms with Crippen LogP contribution in [-0.4, -0.2) is 30.9 Å². The number of hydrogen-bond donors (Lipinski definition) is 2. The largest absolute Gasteiger partial charge is 0.497 e. The van der Waals surface area contributed by atoms with Crippen LogP contribution in [0.15, 0.2) is 36.4 Å². The van der Waals surface area contributed by atoms with Gasteiger partial charge in [-0.25, -0.2) is 4.79 Å². The summed E-state index contributed by atoms with van der Waals surface area (Å²) in [4.78, 5) is 11.8. The quantitative estimate of drug-likeness (QED) is 0.568. The summed E-state index contributed by atoms with van der Waals surface area (Å²) in [6, 6.07) is 11.1. The molecule has 0 aromatic heterocycles. The molecule has 0 fully saturated rings. The molecular weight excluding hydrogens is 388 g/mol. The number of thiocarbonyl (C=S) groups is 1. The molecule has 0 radical (unpaired) electrons. The molecule has 1 heterocycles. The first-order valence-corrected chi connectivity index (χ1v) is 9.76. The van der Waals surface area contributed by atoms with Crippen molar-refractivity contribution in [1.82, 2.24) is 5.32 Å². The summed E-state index contributed by atoms with van der Waals surface area (Å²) in [7, 11) is 3.00. The van der Waals surface area contributed by atoms with Crippen LogP contribution in [0.4, 0.5) is 5.69 Å². The predicted octanol–water partition coefficient (Wildman–Crippen LogP) is 4.38. The van der Waals surface area contributed by atoms with Crippen molar-refractivity contribution in [2.75, 3.05) is 19.5 Å². The van der Waals surface area contributed by atoms with Crippen LogP contribution in [0.3, 0.4) is 0 Å². The molecule has 0 aliphatic carbocycles. The van der Waals surface area contributed by atoms with Crippen molar-refractivity contribution in [1.29, 1.82) is 0 Å². The molecule has 0 amide bonds. The Morgan fingerprint density at radius 2 is 1.97 bits per heavy atom. The molecule has 154 valence electrons. The summed E-state index contributed by atoms with van der Waals surface area (Å²) in [6.07, 6.45) is 0.745. The summed E-state index contributed by atoms with van der Waals surface area (Å²) in [6.45, 7) is 6.04. The van der Waals surface area contributed by atoms with E-state index >= 15 is 0 Å². The van der Waals surface area contributed by atoms with Gasteiger partial charge < -0.3 is 24.8 Å². The highest BCUT2D eigenvalue weighted by Crippen LogP contribution is 2.41. The molecule has 1 aliphatic rings. The monoisotopic (exact) mass is 414 g/mol. The van der Waals surface area contributed by atoms with Gasteiger partial charge in [-0.05, 0) is 62.8 Å². The SMILES string of the molecule is COC(=O)c1ccc(C)c(NC(=S)NC2CC(C)(C)Oc3cc(OC)ccc32)c1. The van der Waals surface area contributed by atoms with Gasteiger partial charge in [-0.2, -0.15) is 0 Å². The summed E-state index contributed by atoms with van der Waals surface area (Å²) < 4.78 is 16.2. The maximum absolute atomic E-state index is 11.8. The number of esters is 1. The number of fused-ring (bicyclic) bond motifs is 1. The third-order valence-corrected chi connectivity index (χ3v) is 5.11. The molecule has 7 heteroatoms. The molecule has 3 rings (SSSR count). The fraction of sp³-hybridized carbons (Fsp3) is 0.364. The van der Waals surface area contributed by atoms with Crippen molar-refractivity contribution in [2.45, 2.75) is 38.8 Å². The van der Waals surface area contributed by atoms with E-state index in [1.165, 1.54) is 7.11 Å². The number of rotatable bonds is 4. The molecule has 1 unspecified atom stereocenters. The summed E-state index contributed by atoms with van der Waals surface area (Å²) >= 11 is 5.56. The second-order valence-electron chi connectivity index (χ2n) is 7.64. The second kappa shape index (κ2) is 8.29. The van der Waals surface area contributed by atoms with Gasteiger partial charge in [0.15, 0.2) is 5.11 Å². The van der Waals surface area contributed by atoms with Crippen molar-refractivity contribution < 1.29 is 19.0 Å². The van der Waals surface area contributed by atoms with Crippen LogP contribution in [0.5, 0.6) is 11.5 Å². The number of anilines is 1. The lowest BCUT2D eigenvalue weighted by molar-refractivity contribution is 0.0600. The van der Waals surface area contributed by atoms with Crippen LogP contribution >= 0.6 is 12.2 Å². The van der Waals surface area contributed by atoms with Gasteiger partial charge >= 0.3 is 5.97 Å². The lowest BCUT2D eigenvalue weighted by atomic mass is 9.89. The number of carbonyl (C=O) groups excluding carboxylic acids is 1. The maximum atomic E-state index is 11.8. The fourth-order valence-corrected chi connectivity index (χ4v) is 3.66. The first-order chi connectivity index (χ1) is 13.7. The third-order valence-electron chi connectivity index (χ3n) is 4.89. The maximum Gasteiger partial charge on any atom is 0.337 e. The van der Waals surface area contributed by atoms with E-state index in [0.717, 1.165) is 34.7 Å². The van der Waals surface area contributed by atoms with Gasteiger partial charge in [0.1, 0.15) is 17.1 Å². The van der Waals surface area contributed by atoms with Gasteiger partial charge in [0.05, 0.1) is 25.8 Å². The number of methoxy groups -OCH3 is 2. The Morgan fingerprint density at radius 3 is 2.66 bits per heavy atom. The van der Waals surface area contributed by atoms with Crippen molar-refractivity contribution in [3.8, 4) is 11.5 Å². The molecular formula is C22H26N2O4S. The van der Waals surface area contributed by atoms with Gasteiger partial charge in [0, 0.05) is 23.7 Å². The van der Waals surface area contributed by atoms with Crippen LogP contribution in [0.25, 0.3) is 0 Å². The predicted molar refractivity (Wildman–Crippen MR) is 117 cm³/mol. The van der Waals surface area contributed by atoms with E-state index < -0.39 is 0 Å². The molecule has 0 saturated heterocycles. The summed E-state index contributed by atoms with van der Waals surface area (Å²) in [5.41, 5.74) is 2.86. The van der Waals surface area contributed by atoms with E-state index in [-0.39, 0.29) is 17.6 Å². The van der Waals surface area contributed by atoms with Crippen molar-refractivity contribution in [3.63, 3.8) is 0 Å². The van der Waals surface area contributed by atoms with E-state index in [1.54, 1.807) is 19.2 Å². The zero-order chi connectivity index (χ0) is 21.2. The third kappa shape index (κ3) is 4.79. The van der Waals surface area contributed by atoms with E-state index in [9.17, 15) is 4.79 Å². The minimum Gasteiger partial charge on any atom is -0.497 e. The Kier molecular flexibility index (Phi) is 5.98.